The van der Waals surface area contributed by atoms with Crippen molar-refractivity contribution in [2.24, 2.45) is 5.92 Å². The van der Waals surface area contributed by atoms with Crippen LogP contribution >= 0.6 is 0 Å². The summed E-state index contributed by atoms with van der Waals surface area (Å²) in [5.41, 5.74) is 2.25. The maximum atomic E-state index is 9.87. The molecule has 0 radical (unpaired) electrons. The summed E-state index contributed by atoms with van der Waals surface area (Å²) < 4.78 is 5.21. The van der Waals surface area contributed by atoms with Gasteiger partial charge in [-0.2, -0.15) is 0 Å². The fourth-order valence-electron chi connectivity index (χ4n) is 2.64. The number of hydrogen-bond donors (Lipinski definition) is 1. The van der Waals surface area contributed by atoms with E-state index in [4.69, 9.17) is 4.74 Å². The highest BCUT2D eigenvalue weighted by molar-refractivity contribution is 5.59. The molecular formula is C14H21NO2. The van der Waals surface area contributed by atoms with E-state index in [0.29, 0.717) is 11.7 Å². The number of phenolic OH excluding ortho intramolecular Hbond substituents is 1. The molecule has 0 amide bonds. The highest BCUT2D eigenvalue weighted by Crippen LogP contribution is 2.32. The molecule has 1 aliphatic rings. The van der Waals surface area contributed by atoms with Crippen molar-refractivity contribution >= 4 is 5.69 Å². The lowest BCUT2D eigenvalue weighted by molar-refractivity contribution is 0.161. The molecule has 94 valence electrons. The fraction of sp³-hybridized carbons (Fsp3) is 0.571. The number of ether oxygens (including phenoxy) is 1. The van der Waals surface area contributed by atoms with Gasteiger partial charge in [-0.05, 0) is 25.0 Å². The highest BCUT2D eigenvalue weighted by atomic mass is 16.5. The van der Waals surface area contributed by atoms with Crippen molar-refractivity contribution in [3.8, 4) is 5.75 Å². The normalized spacial score (nSPS) is 19.9. The zero-order valence-corrected chi connectivity index (χ0v) is 10.6. The first-order chi connectivity index (χ1) is 8.26. The summed E-state index contributed by atoms with van der Waals surface area (Å²) in [5, 5.41) is 9.87. The van der Waals surface area contributed by atoms with Crippen LogP contribution in [0.1, 0.15) is 18.9 Å². The van der Waals surface area contributed by atoms with Crippen LogP contribution in [0.4, 0.5) is 5.69 Å². The van der Waals surface area contributed by atoms with Crippen molar-refractivity contribution in [2.45, 2.75) is 19.8 Å². The quantitative estimate of drug-likeness (QED) is 0.870. The van der Waals surface area contributed by atoms with E-state index < -0.39 is 0 Å². The molecule has 1 atom stereocenters. The predicted octanol–water partition coefficient (Wildman–Crippen LogP) is 2.43. The second-order valence-electron chi connectivity index (χ2n) is 4.68. The Morgan fingerprint density at radius 2 is 2.29 bits per heavy atom. The first-order valence-electron chi connectivity index (χ1n) is 6.31. The maximum Gasteiger partial charge on any atom is 0.120 e. The van der Waals surface area contributed by atoms with Crippen LogP contribution in [0.25, 0.3) is 0 Å². The molecule has 2 rings (SSSR count). The van der Waals surface area contributed by atoms with E-state index in [0.717, 1.165) is 31.7 Å². The number of nitrogens with zero attached hydrogens (tertiary/aromatic N) is 1. The first-order valence-corrected chi connectivity index (χ1v) is 6.31. The van der Waals surface area contributed by atoms with Gasteiger partial charge in [0.25, 0.3) is 0 Å². The third-order valence-electron chi connectivity index (χ3n) is 3.51. The predicted molar refractivity (Wildman–Crippen MR) is 69.7 cm³/mol. The van der Waals surface area contributed by atoms with Crippen LogP contribution in [0.2, 0.25) is 0 Å². The second-order valence-corrected chi connectivity index (χ2v) is 4.68. The first kappa shape index (κ1) is 12.2. The van der Waals surface area contributed by atoms with Crippen molar-refractivity contribution in [1.82, 2.24) is 0 Å². The standard InChI is InChI=1S/C14H21NO2/c1-3-12-13(5-4-6-14(12)16)15-8-7-11(9-15)10-17-2/h4-6,11,16H,3,7-10H2,1-2H3. The van der Waals surface area contributed by atoms with Crippen LogP contribution in [0.15, 0.2) is 18.2 Å². The summed E-state index contributed by atoms with van der Waals surface area (Å²) in [6, 6.07) is 5.80. The van der Waals surface area contributed by atoms with Crippen molar-refractivity contribution in [3.63, 3.8) is 0 Å². The zero-order chi connectivity index (χ0) is 12.3. The number of anilines is 1. The number of hydrogen-bond acceptors (Lipinski definition) is 3. The number of benzene rings is 1. The number of methoxy groups -OCH3 is 1. The van der Waals surface area contributed by atoms with Crippen LogP contribution in [0, 0.1) is 5.92 Å². The summed E-state index contributed by atoms with van der Waals surface area (Å²) in [6.07, 6.45) is 2.04. The summed E-state index contributed by atoms with van der Waals surface area (Å²) in [6.45, 7) is 5.01. The Morgan fingerprint density at radius 1 is 1.47 bits per heavy atom. The number of aromatic hydroxyl groups is 1. The SMILES string of the molecule is CCc1c(O)cccc1N1CCC(COC)C1. The van der Waals surface area contributed by atoms with E-state index in [1.54, 1.807) is 13.2 Å². The average molecular weight is 235 g/mol. The average Bonchev–Trinajstić information content (AvgIpc) is 2.78. The molecule has 1 fully saturated rings. The van der Waals surface area contributed by atoms with E-state index in [9.17, 15) is 5.11 Å². The van der Waals surface area contributed by atoms with Gasteiger partial charge in [-0.15, -0.1) is 0 Å². The Morgan fingerprint density at radius 3 is 3.00 bits per heavy atom. The minimum absolute atomic E-state index is 0.417. The van der Waals surface area contributed by atoms with E-state index in [2.05, 4.69) is 17.9 Å². The van der Waals surface area contributed by atoms with Gasteiger partial charge in [0.15, 0.2) is 0 Å². The lowest BCUT2D eigenvalue weighted by Crippen LogP contribution is -2.22. The Bertz CT molecular complexity index is 378. The lowest BCUT2D eigenvalue weighted by Gasteiger charge is -2.22. The summed E-state index contributed by atoms with van der Waals surface area (Å²) in [7, 11) is 1.76. The van der Waals surface area contributed by atoms with Crippen molar-refractivity contribution in [3.05, 3.63) is 23.8 Å². The molecule has 3 heteroatoms. The Labute approximate surface area is 103 Å². The van der Waals surface area contributed by atoms with Gasteiger partial charge in [-0.3, -0.25) is 0 Å². The van der Waals surface area contributed by atoms with Gasteiger partial charge in [0.2, 0.25) is 0 Å². The van der Waals surface area contributed by atoms with Gasteiger partial charge in [-0.1, -0.05) is 13.0 Å². The molecule has 1 saturated heterocycles. The molecule has 1 aromatic rings. The molecule has 0 aromatic heterocycles. The number of rotatable bonds is 4. The Hall–Kier alpha value is -1.22. The van der Waals surface area contributed by atoms with Gasteiger partial charge in [0.05, 0.1) is 6.61 Å². The molecule has 1 heterocycles. The minimum Gasteiger partial charge on any atom is -0.508 e. The van der Waals surface area contributed by atoms with E-state index in [-0.39, 0.29) is 0 Å². The molecule has 1 aromatic carbocycles. The van der Waals surface area contributed by atoms with Crippen LogP contribution < -0.4 is 4.90 Å². The molecule has 0 saturated carbocycles. The molecule has 0 bridgehead atoms. The van der Waals surface area contributed by atoms with E-state index in [1.807, 2.05) is 6.07 Å². The maximum absolute atomic E-state index is 9.87. The van der Waals surface area contributed by atoms with Crippen molar-refractivity contribution < 1.29 is 9.84 Å². The van der Waals surface area contributed by atoms with Crippen LogP contribution in [-0.2, 0) is 11.2 Å². The van der Waals surface area contributed by atoms with Crippen LogP contribution in [0.5, 0.6) is 5.75 Å². The third kappa shape index (κ3) is 2.55. The molecule has 1 aliphatic heterocycles. The van der Waals surface area contributed by atoms with Crippen molar-refractivity contribution in [2.75, 3.05) is 31.7 Å². The summed E-state index contributed by atoms with van der Waals surface area (Å²) >= 11 is 0. The highest BCUT2D eigenvalue weighted by Gasteiger charge is 2.24. The van der Waals surface area contributed by atoms with E-state index in [1.165, 1.54) is 12.1 Å². The molecule has 3 nitrogen and oxygen atoms in total. The topological polar surface area (TPSA) is 32.7 Å². The lowest BCUT2D eigenvalue weighted by atomic mass is 10.1. The van der Waals surface area contributed by atoms with Gasteiger partial charge >= 0.3 is 0 Å². The monoisotopic (exact) mass is 235 g/mol. The number of phenols is 1. The second kappa shape index (κ2) is 5.41. The largest absolute Gasteiger partial charge is 0.508 e. The molecular weight excluding hydrogens is 214 g/mol. The van der Waals surface area contributed by atoms with Crippen molar-refractivity contribution in [1.29, 1.82) is 0 Å². The molecule has 1 unspecified atom stereocenters. The fourth-order valence-corrected chi connectivity index (χ4v) is 2.64. The van der Waals surface area contributed by atoms with Crippen LogP contribution in [0.3, 0.4) is 0 Å². The molecule has 17 heavy (non-hydrogen) atoms. The minimum atomic E-state index is 0.417. The van der Waals surface area contributed by atoms with Gasteiger partial charge in [-0.25, -0.2) is 0 Å². The molecule has 0 aliphatic carbocycles. The van der Waals surface area contributed by atoms with Gasteiger partial charge in [0.1, 0.15) is 5.75 Å². The third-order valence-corrected chi connectivity index (χ3v) is 3.51. The Balaban J connectivity index is 2.15. The van der Waals surface area contributed by atoms with Crippen LogP contribution in [-0.4, -0.2) is 31.9 Å². The Kier molecular flexibility index (Phi) is 3.89. The van der Waals surface area contributed by atoms with E-state index >= 15 is 0 Å². The van der Waals surface area contributed by atoms with Gasteiger partial charge < -0.3 is 14.7 Å². The zero-order valence-electron chi connectivity index (χ0n) is 10.6. The molecule has 0 spiro atoms. The molecule has 1 N–H and O–H groups in total. The summed E-state index contributed by atoms with van der Waals surface area (Å²) in [5.74, 6) is 1.03. The summed E-state index contributed by atoms with van der Waals surface area (Å²) in [4.78, 5) is 2.36. The smallest absolute Gasteiger partial charge is 0.120 e. The van der Waals surface area contributed by atoms with Gasteiger partial charge in [0, 0.05) is 37.4 Å².